The van der Waals surface area contributed by atoms with Crippen LogP contribution in [0.3, 0.4) is 0 Å². The van der Waals surface area contributed by atoms with E-state index >= 15 is 0 Å². The van der Waals surface area contributed by atoms with E-state index in [0.717, 1.165) is 24.7 Å². The summed E-state index contributed by atoms with van der Waals surface area (Å²) in [5, 5.41) is 0. The molecule has 1 aromatic carbocycles. The van der Waals surface area contributed by atoms with Gasteiger partial charge in [-0.3, -0.25) is 0 Å². The molecule has 0 aliphatic carbocycles. The third-order valence-corrected chi connectivity index (χ3v) is 3.88. The Morgan fingerprint density at radius 3 is 3.06 bits per heavy atom. The van der Waals surface area contributed by atoms with Gasteiger partial charge in [0.15, 0.2) is 0 Å². The summed E-state index contributed by atoms with van der Waals surface area (Å²) in [6.45, 7) is 3.08. The van der Waals surface area contributed by atoms with Crippen molar-refractivity contribution >= 4 is 11.6 Å². The van der Waals surface area contributed by atoms with Gasteiger partial charge in [0.2, 0.25) is 0 Å². The average molecular weight is 239 g/mol. The zero-order valence-electron chi connectivity index (χ0n) is 9.79. The topological polar surface area (TPSA) is 9.23 Å². The molecule has 2 unspecified atom stereocenters. The van der Waals surface area contributed by atoms with E-state index in [0.29, 0.717) is 11.8 Å². The number of halogens is 1. The maximum atomic E-state index is 5.85. The second-order valence-electron chi connectivity index (χ2n) is 4.71. The van der Waals surface area contributed by atoms with Crippen LogP contribution in [0.4, 0.5) is 0 Å². The van der Waals surface area contributed by atoms with Crippen LogP contribution in [0.25, 0.3) is 0 Å². The molecule has 0 saturated carbocycles. The lowest BCUT2D eigenvalue weighted by molar-refractivity contribution is 0.259. The molecule has 2 rings (SSSR count). The Hall–Kier alpha value is -0.690. The molecule has 0 N–H and O–H groups in total. The van der Waals surface area contributed by atoms with Gasteiger partial charge in [-0.25, -0.2) is 0 Å². The second kappa shape index (κ2) is 5.58. The van der Waals surface area contributed by atoms with Gasteiger partial charge in [0.25, 0.3) is 0 Å². The highest BCUT2D eigenvalue weighted by molar-refractivity contribution is 6.18. The van der Waals surface area contributed by atoms with Crippen LogP contribution in [-0.2, 0) is 0 Å². The molecule has 2 heteroatoms. The fourth-order valence-corrected chi connectivity index (χ4v) is 2.43. The van der Waals surface area contributed by atoms with Crippen LogP contribution in [0.15, 0.2) is 24.3 Å². The molecule has 2 atom stereocenters. The van der Waals surface area contributed by atoms with Gasteiger partial charge in [-0.1, -0.05) is 25.1 Å². The molecule has 0 amide bonds. The summed E-state index contributed by atoms with van der Waals surface area (Å²) < 4.78 is 5.66. The molecule has 1 aliphatic rings. The molecule has 0 fully saturated rings. The molecule has 0 bridgehead atoms. The normalized spacial score (nSPS) is 21.0. The highest BCUT2D eigenvalue weighted by Crippen LogP contribution is 2.36. The summed E-state index contributed by atoms with van der Waals surface area (Å²) in [5.74, 6) is 3.13. The Balaban J connectivity index is 2.01. The predicted octanol–water partition coefficient (Wildman–Crippen LogP) is 4.21. The Bertz CT molecular complexity index is 337. The lowest BCUT2D eigenvalue weighted by atomic mass is 9.87. The number of hydrogen-bond donors (Lipinski definition) is 0. The molecule has 16 heavy (non-hydrogen) atoms. The Labute approximate surface area is 103 Å². The molecule has 0 spiro atoms. The number of para-hydroxylation sites is 1. The van der Waals surface area contributed by atoms with Crippen LogP contribution in [0, 0.1) is 5.92 Å². The second-order valence-corrected chi connectivity index (χ2v) is 5.02. The van der Waals surface area contributed by atoms with Crippen LogP contribution in [0.5, 0.6) is 5.75 Å². The van der Waals surface area contributed by atoms with Crippen molar-refractivity contribution < 1.29 is 4.74 Å². The van der Waals surface area contributed by atoms with E-state index < -0.39 is 0 Å². The predicted molar refractivity (Wildman–Crippen MR) is 68.4 cm³/mol. The van der Waals surface area contributed by atoms with E-state index in [1.165, 1.54) is 18.4 Å². The molecule has 1 nitrogen and oxygen atoms in total. The molecule has 88 valence electrons. The maximum Gasteiger partial charge on any atom is 0.122 e. The van der Waals surface area contributed by atoms with Gasteiger partial charge in [-0.05, 0) is 42.7 Å². The number of rotatable bonds is 4. The van der Waals surface area contributed by atoms with Gasteiger partial charge < -0.3 is 4.74 Å². The molecule has 1 aromatic rings. The van der Waals surface area contributed by atoms with Gasteiger partial charge in [-0.2, -0.15) is 0 Å². The minimum absolute atomic E-state index is 0.622. The van der Waals surface area contributed by atoms with Crippen LogP contribution < -0.4 is 4.74 Å². The van der Waals surface area contributed by atoms with E-state index in [9.17, 15) is 0 Å². The fourth-order valence-electron chi connectivity index (χ4n) is 2.28. The summed E-state index contributed by atoms with van der Waals surface area (Å²) in [5.41, 5.74) is 1.38. The first kappa shape index (κ1) is 11.8. The zero-order valence-corrected chi connectivity index (χ0v) is 10.5. The molecule has 0 saturated heterocycles. The standard InChI is InChI=1S/C14H19ClO/c1-11(10-15)6-7-12-8-9-16-14-5-3-2-4-13(12)14/h2-5,11-12H,6-10H2,1H3. The van der Waals surface area contributed by atoms with Crippen LogP contribution in [0.1, 0.15) is 37.7 Å². The van der Waals surface area contributed by atoms with Gasteiger partial charge in [-0.15, -0.1) is 11.6 Å². The van der Waals surface area contributed by atoms with E-state index in [4.69, 9.17) is 16.3 Å². The quantitative estimate of drug-likeness (QED) is 0.714. The highest BCUT2D eigenvalue weighted by Gasteiger charge is 2.20. The molecule has 1 heterocycles. The van der Waals surface area contributed by atoms with Gasteiger partial charge in [0, 0.05) is 5.88 Å². The minimum Gasteiger partial charge on any atom is -0.493 e. The Morgan fingerprint density at radius 1 is 1.44 bits per heavy atom. The smallest absolute Gasteiger partial charge is 0.122 e. The first-order valence-electron chi connectivity index (χ1n) is 6.09. The summed E-state index contributed by atoms with van der Waals surface area (Å²) >= 11 is 5.85. The molecule has 1 aliphatic heterocycles. The third kappa shape index (κ3) is 2.70. The first-order valence-corrected chi connectivity index (χ1v) is 6.62. The van der Waals surface area contributed by atoms with Gasteiger partial charge >= 0.3 is 0 Å². The Kier molecular flexibility index (Phi) is 4.11. The molecular formula is C14H19ClO. The molecular weight excluding hydrogens is 220 g/mol. The lowest BCUT2D eigenvalue weighted by Crippen LogP contribution is -2.15. The summed E-state index contributed by atoms with van der Waals surface area (Å²) in [7, 11) is 0. The van der Waals surface area contributed by atoms with Crippen LogP contribution in [-0.4, -0.2) is 12.5 Å². The number of benzene rings is 1. The average Bonchev–Trinajstić information content (AvgIpc) is 2.35. The van der Waals surface area contributed by atoms with Crippen molar-refractivity contribution in [1.29, 1.82) is 0 Å². The maximum absolute atomic E-state index is 5.85. The third-order valence-electron chi connectivity index (χ3n) is 3.35. The van der Waals surface area contributed by atoms with Crippen molar-refractivity contribution in [3.63, 3.8) is 0 Å². The number of fused-ring (bicyclic) bond motifs is 1. The van der Waals surface area contributed by atoms with Gasteiger partial charge in [0.1, 0.15) is 5.75 Å². The Morgan fingerprint density at radius 2 is 2.25 bits per heavy atom. The van der Waals surface area contributed by atoms with Crippen LogP contribution >= 0.6 is 11.6 Å². The van der Waals surface area contributed by atoms with Crippen molar-refractivity contribution in [2.75, 3.05) is 12.5 Å². The van der Waals surface area contributed by atoms with E-state index in [1.807, 2.05) is 6.07 Å². The van der Waals surface area contributed by atoms with Crippen molar-refractivity contribution in [2.45, 2.75) is 32.1 Å². The van der Waals surface area contributed by atoms with Crippen molar-refractivity contribution in [2.24, 2.45) is 5.92 Å². The molecule has 0 radical (unpaired) electrons. The van der Waals surface area contributed by atoms with Crippen molar-refractivity contribution in [1.82, 2.24) is 0 Å². The summed E-state index contributed by atoms with van der Waals surface area (Å²) in [6.07, 6.45) is 3.59. The highest BCUT2D eigenvalue weighted by atomic mass is 35.5. The summed E-state index contributed by atoms with van der Waals surface area (Å²) in [4.78, 5) is 0. The van der Waals surface area contributed by atoms with Crippen molar-refractivity contribution in [3.05, 3.63) is 29.8 Å². The summed E-state index contributed by atoms with van der Waals surface area (Å²) in [6, 6.07) is 8.42. The van der Waals surface area contributed by atoms with Crippen molar-refractivity contribution in [3.8, 4) is 5.75 Å². The molecule has 0 aromatic heterocycles. The number of alkyl halides is 1. The van der Waals surface area contributed by atoms with Crippen LogP contribution in [0.2, 0.25) is 0 Å². The minimum atomic E-state index is 0.622. The fraction of sp³-hybridized carbons (Fsp3) is 0.571. The van der Waals surface area contributed by atoms with E-state index in [1.54, 1.807) is 0 Å². The first-order chi connectivity index (χ1) is 7.81. The van der Waals surface area contributed by atoms with E-state index in [2.05, 4.69) is 25.1 Å². The van der Waals surface area contributed by atoms with E-state index in [-0.39, 0.29) is 0 Å². The number of hydrogen-bond acceptors (Lipinski definition) is 1. The monoisotopic (exact) mass is 238 g/mol. The largest absolute Gasteiger partial charge is 0.493 e. The zero-order chi connectivity index (χ0) is 11.4. The number of ether oxygens (including phenoxy) is 1. The lowest BCUT2D eigenvalue weighted by Gasteiger charge is -2.26. The SMILES string of the molecule is CC(CCl)CCC1CCOc2ccccc21. The van der Waals surface area contributed by atoms with Gasteiger partial charge in [0.05, 0.1) is 6.61 Å².